The van der Waals surface area contributed by atoms with Crippen LogP contribution in [0.3, 0.4) is 0 Å². The van der Waals surface area contributed by atoms with Gasteiger partial charge in [0, 0.05) is 62.0 Å². The summed E-state index contributed by atoms with van der Waals surface area (Å²) in [7, 11) is -1.53. The van der Waals surface area contributed by atoms with Crippen molar-refractivity contribution in [2.45, 2.75) is 35.8 Å². The molecule has 4 heterocycles. The standard InChI is InChI=1S/C20H27N5O4S2/c1-23-8-10-24(11-9-23)20(26)15-4-6-25(7-5-15)31(27,28)17-12-16(13-30-17)18-21-19(29-22-18)14-2-3-14/h12-15H,2-11H2,1H3. The van der Waals surface area contributed by atoms with Gasteiger partial charge in [-0.15, -0.1) is 11.3 Å². The second-order valence-electron chi connectivity index (χ2n) is 8.69. The zero-order valence-corrected chi connectivity index (χ0v) is 19.2. The molecule has 2 aromatic heterocycles. The predicted octanol–water partition coefficient (Wildman–Crippen LogP) is 1.85. The Morgan fingerprint density at radius 3 is 2.48 bits per heavy atom. The number of piperazine rings is 1. The number of carbonyl (C=O) groups excluding carboxylic acids is 1. The van der Waals surface area contributed by atoms with Crippen LogP contribution >= 0.6 is 11.3 Å². The molecule has 0 aromatic carbocycles. The van der Waals surface area contributed by atoms with Crippen LogP contribution in [-0.4, -0.2) is 84.9 Å². The van der Waals surface area contributed by atoms with Gasteiger partial charge in [0.25, 0.3) is 10.0 Å². The molecule has 2 aliphatic heterocycles. The van der Waals surface area contributed by atoms with Gasteiger partial charge in [-0.25, -0.2) is 8.42 Å². The average Bonchev–Trinajstić information content (AvgIpc) is 3.29. The van der Waals surface area contributed by atoms with E-state index in [2.05, 4.69) is 22.1 Å². The quantitative estimate of drug-likeness (QED) is 0.664. The largest absolute Gasteiger partial charge is 0.340 e. The van der Waals surface area contributed by atoms with Crippen molar-refractivity contribution >= 4 is 27.3 Å². The predicted molar refractivity (Wildman–Crippen MR) is 115 cm³/mol. The fourth-order valence-electron chi connectivity index (χ4n) is 4.17. The highest BCUT2D eigenvalue weighted by atomic mass is 32.2. The number of rotatable bonds is 5. The summed E-state index contributed by atoms with van der Waals surface area (Å²) < 4.78 is 33.4. The molecule has 0 radical (unpaired) electrons. The van der Waals surface area contributed by atoms with Gasteiger partial charge in [0.1, 0.15) is 4.21 Å². The lowest BCUT2D eigenvalue weighted by Crippen LogP contribution is -2.50. The molecular formula is C20H27N5O4S2. The minimum Gasteiger partial charge on any atom is -0.340 e. The van der Waals surface area contributed by atoms with Crippen molar-refractivity contribution in [2.24, 2.45) is 5.92 Å². The molecule has 0 spiro atoms. The highest BCUT2D eigenvalue weighted by Gasteiger charge is 2.35. The maximum absolute atomic E-state index is 13.1. The van der Waals surface area contributed by atoms with Gasteiger partial charge in [-0.05, 0) is 38.8 Å². The monoisotopic (exact) mass is 465 g/mol. The SMILES string of the molecule is CN1CCN(C(=O)C2CCN(S(=O)(=O)c3cc(-c4noc(C5CC5)n4)cs3)CC2)CC1. The summed E-state index contributed by atoms with van der Waals surface area (Å²) in [5.41, 5.74) is 0.666. The van der Waals surface area contributed by atoms with Crippen LogP contribution in [0.15, 0.2) is 20.2 Å². The first kappa shape index (κ1) is 21.0. The van der Waals surface area contributed by atoms with Crippen LogP contribution in [0.25, 0.3) is 11.4 Å². The lowest BCUT2D eigenvalue weighted by molar-refractivity contribution is -0.138. The van der Waals surface area contributed by atoms with E-state index < -0.39 is 10.0 Å². The molecule has 31 heavy (non-hydrogen) atoms. The van der Waals surface area contributed by atoms with E-state index in [1.165, 1.54) is 15.6 Å². The Kier molecular flexibility index (Phi) is 5.61. The summed E-state index contributed by atoms with van der Waals surface area (Å²) in [6.07, 6.45) is 3.27. The third-order valence-corrected chi connectivity index (χ3v) is 9.73. The van der Waals surface area contributed by atoms with Crippen LogP contribution in [0, 0.1) is 5.92 Å². The summed E-state index contributed by atoms with van der Waals surface area (Å²) in [5, 5.41) is 5.76. The van der Waals surface area contributed by atoms with E-state index in [9.17, 15) is 13.2 Å². The normalized spacial score (nSPS) is 22.2. The number of nitrogens with zero attached hydrogens (tertiary/aromatic N) is 5. The number of aromatic nitrogens is 2. The van der Waals surface area contributed by atoms with Crippen molar-refractivity contribution in [1.29, 1.82) is 0 Å². The molecule has 3 fully saturated rings. The minimum atomic E-state index is -3.59. The number of hydrogen-bond acceptors (Lipinski definition) is 8. The average molecular weight is 466 g/mol. The number of thiophene rings is 1. The van der Waals surface area contributed by atoms with Crippen LogP contribution < -0.4 is 0 Å². The van der Waals surface area contributed by atoms with E-state index in [4.69, 9.17) is 4.52 Å². The molecule has 2 aromatic rings. The topological polar surface area (TPSA) is 99.8 Å². The molecular weight excluding hydrogens is 438 g/mol. The Hall–Kier alpha value is -1.82. The maximum Gasteiger partial charge on any atom is 0.252 e. The van der Waals surface area contributed by atoms with Gasteiger partial charge in [0.15, 0.2) is 0 Å². The molecule has 5 rings (SSSR count). The van der Waals surface area contributed by atoms with E-state index in [0.717, 1.165) is 39.0 Å². The molecule has 9 nitrogen and oxygen atoms in total. The highest BCUT2D eigenvalue weighted by Crippen LogP contribution is 2.40. The zero-order valence-electron chi connectivity index (χ0n) is 17.6. The number of likely N-dealkylation sites (N-methyl/N-ethyl adjacent to an activating group) is 1. The molecule has 0 atom stereocenters. The fraction of sp³-hybridized carbons (Fsp3) is 0.650. The van der Waals surface area contributed by atoms with Crippen molar-refractivity contribution in [3.63, 3.8) is 0 Å². The third kappa shape index (κ3) is 4.28. The van der Waals surface area contributed by atoms with Gasteiger partial charge >= 0.3 is 0 Å². The molecule has 0 N–H and O–H groups in total. The summed E-state index contributed by atoms with van der Waals surface area (Å²) in [5.74, 6) is 1.52. The van der Waals surface area contributed by atoms with Crippen molar-refractivity contribution in [1.82, 2.24) is 24.2 Å². The lowest BCUT2D eigenvalue weighted by atomic mass is 9.96. The number of hydrogen-bond donors (Lipinski definition) is 0. The van der Waals surface area contributed by atoms with Crippen LogP contribution in [0.1, 0.15) is 37.5 Å². The minimum absolute atomic E-state index is 0.0890. The first-order valence-corrected chi connectivity index (χ1v) is 13.1. The number of sulfonamides is 1. The van der Waals surface area contributed by atoms with Gasteiger partial charge < -0.3 is 14.3 Å². The molecule has 0 unspecified atom stereocenters. The highest BCUT2D eigenvalue weighted by molar-refractivity contribution is 7.91. The van der Waals surface area contributed by atoms with Crippen LogP contribution in [0.4, 0.5) is 0 Å². The van der Waals surface area contributed by atoms with E-state index in [0.29, 0.717) is 49.1 Å². The smallest absolute Gasteiger partial charge is 0.252 e. The molecule has 168 valence electrons. The Morgan fingerprint density at radius 2 is 1.81 bits per heavy atom. The Balaban J connectivity index is 1.21. The Labute approximate surface area is 186 Å². The van der Waals surface area contributed by atoms with Crippen LogP contribution in [0.5, 0.6) is 0 Å². The number of piperidine rings is 1. The molecule has 1 saturated carbocycles. The van der Waals surface area contributed by atoms with Crippen LogP contribution in [0.2, 0.25) is 0 Å². The van der Waals surface area contributed by atoms with Crippen molar-refractivity contribution in [3.8, 4) is 11.4 Å². The summed E-state index contributed by atoms with van der Waals surface area (Å²) >= 11 is 1.18. The molecule has 2 saturated heterocycles. The summed E-state index contributed by atoms with van der Waals surface area (Å²) in [6.45, 7) is 4.03. The van der Waals surface area contributed by atoms with Gasteiger partial charge in [0.05, 0.1) is 0 Å². The van der Waals surface area contributed by atoms with Gasteiger partial charge in [-0.2, -0.15) is 9.29 Å². The molecule has 0 bridgehead atoms. The zero-order chi connectivity index (χ0) is 21.6. The van der Waals surface area contributed by atoms with E-state index in [1.54, 1.807) is 11.4 Å². The number of amides is 1. The third-order valence-electron chi connectivity index (χ3n) is 6.41. The maximum atomic E-state index is 13.1. The first-order valence-electron chi connectivity index (χ1n) is 10.8. The molecule has 1 amide bonds. The Bertz CT molecular complexity index is 1050. The van der Waals surface area contributed by atoms with Crippen LogP contribution in [-0.2, 0) is 14.8 Å². The second-order valence-corrected chi connectivity index (χ2v) is 11.8. The van der Waals surface area contributed by atoms with Crippen molar-refractivity contribution in [2.75, 3.05) is 46.3 Å². The fourth-order valence-corrected chi connectivity index (χ4v) is 6.95. The molecule has 11 heteroatoms. The van der Waals surface area contributed by atoms with Crippen molar-refractivity contribution < 1.29 is 17.7 Å². The second kappa shape index (κ2) is 8.27. The first-order chi connectivity index (χ1) is 14.9. The Morgan fingerprint density at radius 1 is 1.10 bits per heavy atom. The van der Waals surface area contributed by atoms with Crippen molar-refractivity contribution in [3.05, 3.63) is 17.3 Å². The van der Waals surface area contributed by atoms with E-state index in [1.807, 2.05) is 4.90 Å². The van der Waals surface area contributed by atoms with E-state index in [-0.39, 0.29) is 16.0 Å². The summed E-state index contributed by atoms with van der Waals surface area (Å²) in [6, 6.07) is 1.63. The molecule has 1 aliphatic carbocycles. The van der Waals surface area contributed by atoms with Gasteiger partial charge in [-0.3, -0.25) is 4.79 Å². The van der Waals surface area contributed by atoms with Gasteiger partial charge in [0.2, 0.25) is 17.6 Å². The van der Waals surface area contributed by atoms with E-state index >= 15 is 0 Å². The lowest BCUT2D eigenvalue weighted by Gasteiger charge is -2.37. The van der Waals surface area contributed by atoms with Gasteiger partial charge in [-0.1, -0.05) is 5.16 Å². The molecule has 3 aliphatic rings. The summed E-state index contributed by atoms with van der Waals surface area (Å²) in [4.78, 5) is 21.4. The number of carbonyl (C=O) groups is 1.